The molecule has 2 heterocycles. The lowest BCUT2D eigenvalue weighted by Crippen LogP contribution is -2.29. The minimum absolute atomic E-state index is 0.235. The number of likely N-dealkylation sites (tertiary alicyclic amines) is 1. The number of aryl methyl sites for hydroxylation is 1. The molecule has 4 rings (SSSR count). The predicted octanol–water partition coefficient (Wildman–Crippen LogP) is 3.36. The zero-order chi connectivity index (χ0) is 20.8. The first-order valence-electron chi connectivity index (χ1n) is 10.5. The molecule has 1 amide bonds. The molecule has 1 saturated heterocycles. The summed E-state index contributed by atoms with van der Waals surface area (Å²) >= 11 is 0. The van der Waals surface area contributed by atoms with E-state index < -0.39 is 0 Å². The number of aromatic nitrogens is 3. The van der Waals surface area contributed by atoms with Crippen molar-refractivity contribution in [2.75, 3.05) is 20.2 Å². The minimum atomic E-state index is 0.235. The second-order valence-corrected chi connectivity index (χ2v) is 7.91. The summed E-state index contributed by atoms with van der Waals surface area (Å²) in [4.78, 5) is 14.7. The number of amides is 1. The lowest BCUT2D eigenvalue weighted by molar-refractivity contribution is -0.130. The predicted molar refractivity (Wildman–Crippen MR) is 115 cm³/mol. The smallest absolute Gasteiger partial charge is 0.222 e. The van der Waals surface area contributed by atoms with E-state index in [1.54, 1.807) is 13.4 Å². The summed E-state index contributed by atoms with van der Waals surface area (Å²) in [5.74, 6) is 2.51. The van der Waals surface area contributed by atoms with Crippen LogP contribution in [0.15, 0.2) is 60.9 Å². The van der Waals surface area contributed by atoms with Crippen LogP contribution < -0.4 is 4.74 Å². The molecular formula is C24H28N4O2. The normalized spacial score (nSPS) is 16.0. The van der Waals surface area contributed by atoms with Crippen LogP contribution in [0.1, 0.15) is 29.8 Å². The maximum absolute atomic E-state index is 12.7. The van der Waals surface area contributed by atoms with E-state index >= 15 is 0 Å². The number of carbonyl (C=O) groups is 1. The molecule has 0 N–H and O–H groups in total. The Morgan fingerprint density at radius 2 is 1.90 bits per heavy atom. The van der Waals surface area contributed by atoms with E-state index in [4.69, 9.17) is 4.74 Å². The average molecular weight is 405 g/mol. The molecule has 2 aromatic carbocycles. The van der Waals surface area contributed by atoms with Crippen molar-refractivity contribution in [3.05, 3.63) is 77.9 Å². The summed E-state index contributed by atoms with van der Waals surface area (Å²) in [5, 5.41) is 8.45. The van der Waals surface area contributed by atoms with Gasteiger partial charge in [-0.05, 0) is 42.0 Å². The quantitative estimate of drug-likeness (QED) is 0.578. The van der Waals surface area contributed by atoms with Crippen molar-refractivity contribution in [3.63, 3.8) is 0 Å². The van der Waals surface area contributed by atoms with Gasteiger partial charge in [-0.1, -0.05) is 42.5 Å². The highest BCUT2D eigenvalue weighted by atomic mass is 16.5. The second kappa shape index (κ2) is 9.57. The van der Waals surface area contributed by atoms with Crippen molar-refractivity contribution < 1.29 is 9.53 Å². The van der Waals surface area contributed by atoms with Crippen LogP contribution >= 0.6 is 0 Å². The third kappa shape index (κ3) is 5.06. The molecule has 6 nitrogen and oxygen atoms in total. The Morgan fingerprint density at radius 3 is 2.67 bits per heavy atom. The third-order valence-electron chi connectivity index (χ3n) is 5.79. The Hall–Kier alpha value is -3.15. The first kappa shape index (κ1) is 20.1. The summed E-state index contributed by atoms with van der Waals surface area (Å²) in [5.41, 5.74) is 2.40. The van der Waals surface area contributed by atoms with Crippen LogP contribution in [-0.2, 0) is 24.2 Å². The van der Waals surface area contributed by atoms with Crippen molar-refractivity contribution in [2.24, 2.45) is 5.92 Å². The van der Waals surface area contributed by atoms with Crippen LogP contribution in [0.25, 0.3) is 0 Å². The van der Waals surface area contributed by atoms with Crippen LogP contribution in [-0.4, -0.2) is 45.8 Å². The largest absolute Gasteiger partial charge is 0.497 e. The molecule has 1 aliphatic rings. The molecule has 0 saturated carbocycles. The van der Waals surface area contributed by atoms with Gasteiger partial charge in [0.1, 0.15) is 17.9 Å². The number of carbonyl (C=O) groups excluding carboxylic acids is 1. The molecule has 1 aliphatic heterocycles. The van der Waals surface area contributed by atoms with Gasteiger partial charge in [-0.2, -0.15) is 0 Å². The Kier molecular flexibility index (Phi) is 6.42. The van der Waals surface area contributed by atoms with Crippen LogP contribution in [0.5, 0.6) is 5.75 Å². The number of nitrogens with zero attached hydrogens (tertiary/aromatic N) is 4. The Balaban J connectivity index is 1.27. The maximum atomic E-state index is 12.7. The van der Waals surface area contributed by atoms with Crippen molar-refractivity contribution >= 4 is 5.91 Å². The summed E-state index contributed by atoms with van der Waals surface area (Å²) in [6.07, 6.45) is 4.98. The van der Waals surface area contributed by atoms with E-state index in [0.29, 0.717) is 12.3 Å². The zero-order valence-electron chi connectivity index (χ0n) is 17.4. The lowest BCUT2D eigenvalue weighted by Gasteiger charge is -2.17. The van der Waals surface area contributed by atoms with Crippen molar-refractivity contribution in [3.8, 4) is 5.75 Å². The van der Waals surface area contributed by atoms with Crippen molar-refractivity contribution in [1.29, 1.82) is 0 Å². The molecule has 156 valence electrons. The molecule has 1 aromatic heterocycles. The third-order valence-corrected chi connectivity index (χ3v) is 5.79. The van der Waals surface area contributed by atoms with Gasteiger partial charge in [-0.15, -0.1) is 10.2 Å². The molecule has 0 radical (unpaired) electrons. The zero-order valence-corrected chi connectivity index (χ0v) is 17.4. The van der Waals surface area contributed by atoms with E-state index in [1.165, 1.54) is 5.56 Å². The standard InChI is InChI=1S/C24H28N4O2/c1-30-22-10-7-19(8-11-22)9-12-24(29)27-14-13-21(17-27)15-23-26-25-18-28(23)16-20-5-3-2-4-6-20/h2-8,10-11,18,21H,9,12-17H2,1H3. The van der Waals surface area contributed by atoms with Gasteiger partial charge in [-0.3, -0.25) is 4.79 Å². The van der Waals surface area contributed by atoms with E-state index in [0.717, 1.165) is 56.0 Å². The van der Waals surface area contributed by atoms with Crippen LogP contribution in [0.3, 0.4) is 0 Å². The number of methoxy groups -OCH3 is 1. The highest BCUT2D eigenvalue weighted by molar-refractivity contribution is 5.76. The number of benzene rings is 2. The first-order chi connectivity index (χ1) is 14.7. The highest BCUT2D eigenvalue weighted by Crippen LogP contribution is 2.22. The molecule has 3 aromatic rings. The summed E-state index contributed by atoms with van der Waals surface area (Å²) in [6, 6.07) is 18.3. The van der Waals surface area contributed by atoms with Crippen LogP contribution in [0.2, 0.25) is 0 Å². The van der Waals surface area contributed by atoms with Gasteiger partial charge >= 0.3 is 0 Å². The molecule has 0 bridgehead atoms. The molecule has 6 heteroatoms. The van der Waals surface area contributed by atoms with E-state index in [2.05, 4.69) is 26.9 Å². The van der Waals surface area contributed by atoms with Gasteiger partial charge in [0.2, 0.25) is 5.91 Å². The van der Waals surface area contributed by atoms with Gasteiger partial charge in [-0.25, -0.2) is 0 Å². The van der Waals surface area contributed by atoms with Crippen LogP contribution in [0.4, 0.5) is 0 Å². The fourth-order valence-corrected chi connectivity index (χ4v) is 4.03. The van der Waals surface area contributed by atoms with Gasteiger partial charge < -0.3 is 14.2 Å². The van der Waals surface area contributed by atoms with E-state index in [1.807, 2.05) is 47.4 Å². The molecular weight excluding hydrogens is 376 g/mol. The molecule has 1 unspecified atom stereocenters. The number of rotatable bonds is 8. The summed E-state index contributed by atoms with van der Waals surface area (Å²) in [6.45, 7) is 2.42. The molecule has 1 atom stereocenters. The van der Waals surface area contributed by atoms with Crippen molar-refractivity contribution in [2.45, 2.75) is 32.2 Å². The Labute approximate surface area is 177 Å². The van der Waals surface area contributed by atoms with E-state index in [9.17, 15) is 4.79 Å². The summed E-state index contributed by atoms with van der Waals surface area (Å²) < 4.78 is 7.30. The molecule has 30 heavy (non-hydrogen) atoms. The summed E-state index contributed by atoms with van der Waals surface area (Å²) in [7, 11) is 1.66. The number of hydrogen-bond donors (Lipinski definition) is 0. The molecule has 0 spiro atoms. The van der Waals surface area contributed by atoms with Gasteiger partial charge in [0.15, 0.2) is 0 Å². The molecule has 0 aliphatic carbocycles. The van der Waals surface area contributed by atoms with Crippen molar-refractivity contribution in [1.82, 2.24) is 19.7 Å². The SMILES string of the molecule is COc1ccc(CCC(=O)N2CCC(Cc3nncn3Cc3ccccc3)C2)cc1. The van der Waals surface area contributed by atoms with Gasteiger partial charge in [0, 0.05) is 25.9 Å². The highest BCUT2D eigenvalue weighted by Gasteiger charge is 2.27. The fraction of sp³-hybridized carbons (Fsp3) is 0.375. The number of hydrogen-bond acceptors (Lipinski definition) is 4. The topological polar surface area (TPSA) is 60.2 Å². The van der Waals surface area contributed by atoms with Gasteiger partial charge in [0.25, 0.3) is 0 Å². The average Bonchev–Trinajstić information content (AvgIpc) is 3.43. The number of ether oxygens (including phenoxy) is 1. The maximum Gasteiger partial charge on any atom is 0.222 e. The second-order valence-electron chi connectivity index (χ2n) is 7.91. The minimum Gasteiger partial charge on any atom is -0.497 e. The Bertz CT molecular complexity index is 953. The molecule has 1 fully saturated rings. The monoisotopic (exact) mass is 404 g/mol. The first-order valence-corrected chi connectivity index (χ1v) is 10.5. The van der Waals surface area contributed by atoms with Gasteiger partial charge in [0.05, 0.1) is 13.7 Å². The van der Waals surface area contributed by atoms with Crippen LogP contribution in [0, 0.1) is 5.92 Å². The van der Waals surface area contributed by atoms with E-state index in [-0.39, 0.29) is 5.91 Å². The lowest BCUT2D eigenvalue weighted by atomic mass is 10.0. The Morgan fingerprint density at radius 1 is 1.10 bits per heavy atom. The fourth-order valence-electron chi connectivity index (χ4n) is 4.03.